The monoisotopic (exact) mass is 205 g/mol. The van der Waals surface area contributed by atoms with E-state index in [0.29, 0.717) is 13.1 Å². The zero-order valence-electron chi connectivity index (χ0n) is 8.52. The molecule has 0 heterocycles. The van der Waals surface area contributed by atoms with Crippen molar-refractivity contribution in [2.45, 2.75) is 13.0 Å². The molecule has 0 bridgehead atoms. The van der Waals surface area contributed by atoms with Crippen LogP contribution in [0.5, 0.6) is 0 Å². The number of carbonyl (C=O) groups excluding carboxylic acids is 1. The van der Waals surface area contributed by atoms with Crippen LogP contribution in [0.25, 0.3) is 0 Å². The van der Waals surface area contributed by atoms with Crippen LogP contribution in [0, 0.1) is 10.1 Å². The van der Waals surface area contributed by atoms with E-state index in [0.717, 1.165) is 0 Å². The molecule has 82 valence electrons. The van der Waals surface area contributed by atoms with Crippen molar-refractivity contribution in [2.75, 3.05) is 27.2 Å². The average molecular weight is 205 g/mol. The summed E-state index contributed by atoms with van der Waals surface area (Å²) in [6.45, 7) is 2.45. The fourth-order valence-corrected chi connectivity index (χ4v) is 0.723. The Labute approximate surface area is 82.1 Å². The Hall–Kier alpha value is -1.37. The van der Waals surface area contributed by atoms with E-state index in [9.17, 15) is 14.9 Å². The van der Waals surface area contributed by atoms with Crippen molar-refractivity contribution in [1.82, 2.24) is 10.2 Å². The second-order valence-electron chi connectivity index (χ2n) is 3.07. The van der Waals surface area contributed by atoms with Gasteiger partial charge in [0.1, 0.15) is 0 Å². The topological polar surface area (TPSA) is 84.7 Å². The molecule has 0 aliphatic rings. The van der Waals surface area contributed by atoms with Crippen molar-refractivity contribution in [3.8, 4) is 0 Å². The third kappa shape index (κ3) is 6.18. The van der Waals surface area contributed by atoms with E-state index in [2.05, 4.69) is 10.2 Å². The van der Waals surface area contributed by atoms with Crippen molar-refractivity contribution in [3.05, 3.63) is 10.1 Å². The first-order valence-corrected chi connectivity index (χ1v) is 4.17. The quantitative estimate of drug-likeness (QED) is 0.456. The predicted molar refractivity (Wildman–Crippen MR) is 49.1 cm³/mol. The molecule has 0 aromatic rings. The van der Waals surface area contributed by atoms with Gasteiger partial charge in [-0.15, -0.1) is 10.1 Å². The molecule has 0 spiro atoms. The molecule has 0 aromatic heterocycles. The van der Waals surface area contributed by atoms with Gasteiger partial charge in [-0.2, -0.15) is 0 Å². The third-order valence-electron chi connectivity index (χ3n) is 1.47. The van der Waals surface area contributed by atoms with E-state index in [1.165, 1.54) is 6.92 Å². The standard InChI is InChI=1S/C7H15N3O4/c1-6(14-10(12)13)7(11)8-4-5-9(2)3/h6H,4-5H2,1-3H3,(H,8,11). The minimum absolute atomic E-state index is 0.442. The molecule has 7 nitrogen and oxygen atoms in total. The number of amides is 1. The van der Waals surface area contributed by atoms with E-state index < -0.39 is 17.1 Å². The Morgan fingerprint density at radius 3 is 2.64 bits per heavy atom. The first-order valence-electron chi connectivity index (χ1n) is 4.17. The molecule has 7 heteroatoms. The number of rotatable bonds is 6. The van der Waals surface area contributed by atoms with Gasteiger partial charge in [0, 0.05) is 13.1 Å². The molecular formula is C7H15N3O4. The first-order chi connectivity index (χ1) is 6.43. The fourth-order valence-electron chi connectivity index (χ4n) is 0.723. The van der Waals surface area contributed by atoms with E-state index >= 15 is 0 Å². The maximum atomic E-state index is 11.1. The molecule has 0 aliphatic carbocycles. The fraction of sp³-hybridized carbons (Fsp3) is 0.857. The Balaban J connectivity index is 3.67. The Morgan fingerprint density at radius 1 is 1.64 bits per heavy atom. The molecular weight excluding hydrogens is 190 g/mol. The summed E-state index contributed by atoms with van der Waals surface area (Å²) in [6.07, 6.45) is -1.06. The van der Waals surface area contributed by atoms with Crippen LogP contribution in [0.2, 0.25) is 0 Å². The summed E-state index contributed by atoms with van der Waals surface area (Å²) in [5.41, 5.74) is 0. The van der Waals surface area contributed by atoms with Crippen LogP contribution < -0.4 is 5.32 Å². The van der Waals surface area contributed by atoms with E-state index in [1.54, 1.807) is 0 Å². The lowest BCUT2D eigenvalue weighted by Gasteiger charge is -2.12. The zero-order valence-corrected chi connectivity index (χ0v) is 8.52. The maximum absolute atomic E-state index is 11.1. The van der Waals surface area contributed by atoms with Gasteiger partial charge in [-0.25, -0.2) is 0 Å². The Bertz CT molecular complexity index is 207. The van der Waals surface area contributed by atoms with Crippen LogP contribution in [-0.4, -0.2) is 49.2 Å². The van der Waals surface area contributed by atoms with Crippen LogP contribution in [0.1, 0.15) is 6.92 Å². The largest absolute Gasteiger partial charge is 0.353 e. The molecule has 0 radical (unpaired) electrons. The van der Waals surface area contributed by atoms with Gasteiger partial charge in [0.05, 0.1) is 0 Å². The summed E-state index contributed by atoms with van der Waals surface area (Å²) in [7, 11) is 3.73. The molecule has 0 saturated heterocycles. The number of hydrogen-bond acceptors (Lipinski definition) is 5. The van der Waals surface area contributed by atoms with E-state index in [4.69, 9.17) is 0 Å². The van der Waals surface area contributed by atoms with E-state index in [1.807, 2.05) is 19.0 Å². The summed E-state index contributed by atoms with van der Waals surface area (Å²) in [5, 5.41) is 11.4. The summed E-state index contributed by atoms with van der Waals surface area (Å²) < 4.78 is 0. The number of nitrogens with zero attached hydrogens (tertiary/aromatic N) is 2. The molecule has 1 unspecified atom stereocenters. The highest BCUT2D eigenvalue weighted by Gasteiger charge is 2.15. The zero-order chi connectivity index (χ0) is 11.1. The highest BCUT2D eigenvalue weighted by atomic mass is 17.0. The lowest BCUT2D eigenvalue weighted by Crippen LogP contribution is -2.39. The number of hydrogen-bond donors (Lipinski definition) is 1. The van der Waals surface area contributed by atoms with Crippen molar-refractivity contribution in [3.63, 3.8) is 0 Å². The second-order valence-corrected chi connectivity index (χ2v) is 3.07. The van der Waals surface area contributed by atoms with Gasteiger partial charge < -0.3 is 15.1 Å². The van der Waals surface area contributed by atoms with Gasteiger partial charge in [0.2, 0.25) is 5.91 Å². The molecule has 0 aliphatic heterocycles. The van der Waals surface area contributed by atoms with Crippen LogP contribution in [-0.2, 0) is 9.63 Å². The number of likely N-dealkylation sites (N-methyl/N-ethyl adjacent to an activating group) is 1. The van der Waals surface area contributed by atoms with Crippen molar-refractivity contribution in [2.24, 2.45) is 0 Å². The highest BCUT2D eigenvalue weighted by molar-refractivity contribution is 5.80. The van der Waals surface area contributed by atoms with Crippen LogP contribution in [0.15, 0.2) is 0 Å². The van der Waals surface area contributed by atoms with Crippen LogP contribution in [0.4, 0.5) is 0 Å². The van der Waals surface area contributed by atoms with Gasteiger partial charge in [-0.05, 0) is 21.0 Å². The first kappa shape index (κ1) is 12.6. The molecule has 0 fully saturated rings. The van der Waals surface area contributed by atoms with Crippen molar-refractivity contribution in [1.29, 1.82) is 0 Å². The van der Waals surface area contributed by atoms with Gasteiger partial charge in [-0.1, -0.05) is 0 Å². The molecule has 0 saturated carbocycles. The molecule has 14 heavy (non-hydrogen) atoms. The minimum atomic E-state index is -1.06. The van der Waals surface area contributed by atoms with Crippen molar-refractivity contribution >= 4 is 5.91 Å². The van der Waals surface area contributed by atoms with Crippen molar-refractivity contribution < 1.29 is 14.7 Å². The third-order valence-corrected chi connectivity index (χ3v) is 1.47. The maximum Gasteiger partial charge on any atom is 0.295 e. The smallest absolute Gasteiger partial charge is 0.295 e. The van der Waals surface area contributed by atoms with E-state index in [-0.39, 0.29) is 0 Å². The normalized spacial score (nSPS) is 12.3. The second kappa shape index (κ2) is 6.14. The molecule has 1 N–H and O–H groups in total. The molecule has 0 rings (SSSR count). The molecule has 1 amide bonds. The SMILES string of the molecule is CC(O[N+](=O)[O-])C(=O)NCCN(C)C. The number of nitrogens with one attached hydrogen (secondary N) is 1. The molecule has 0 aromatic carbocycles. The lowest BCUT2D eigenvalue weighted by atomic mass is 10.4. The minimum Gasteiger partial charge on any atom is -0.353 e. The summed E-state index contributed by atoms with van der Waals surface area (Å²) >= 11 is 0. The average Bonchev–Trinajstić information content (AvgIpc) is 2.01. The van der Waals surface area contributed by atoms with Gasteiger partial charge in [0.25, 0.3) is 5.09 Å². The molecule has 1 atom stereocenters. The highest BCUT2D eigenvalue weighted by Crippen LogP contribution is 1.90. The van der Waals surface area contributed by atoms with Gasteiger partial charge in [-0.3, -0.25) is 4.79 Å². The summed E-state index contributed by atoms with van der Waals surface area (Å²) in [4.78, 5) is 26.9. The predicted octanol–water partition coefficient (Wildman–Crippen LogP) is -0.739. The summed E-state index contributed by atoms with van der Waals surface area (Å²) in [5.74, 6) is -0.483. The van der Waals surface area contributed by atoms with Crippen LogP contribution >= 0.6 is 0 Å². The lowest BCUT2D eigenvalue weighted by molar-refractivity contribution is -0.763. The number of carbonyl (C=O) groups is 1. The van der Waals surface area contributed by atoms with Gasteiger partial charge >= 0.3 is 0 Å². The van der Waals surface area contributed by atoms with Crippen LogP contribution in [0.3, 0.4) is 0 Å². The Morgan fingerprint density at radius 2 is 2.21 bits per heavy atom. The van der Waals surface area contributed by atoms with Gasteiger partial charge in [0.15, 0.2) is 6.10 Å². The Kier molecular flexibility index (Phi) is 5.54. The summed E-state index contributed by atoms with van der Waals surface area (Å²) in [6, 6.07) is 0.